The van der Waals surface area contributed by atoms with E-state index >= 15 is 0 Å². The first-order valence-electron chi connectivity index (χ1n) is 16.7. The van der Waals surface area contributed by atoms with E-state index in [-0.39, 0.29) is 46.2 Å². The number of aliphatic hydroxyl groups excluding tert-OH is 4. The normalized spacial score (nSPS) is 14.0. The van der Waals surface area contributed by atoms with Crippen LogP contribution in [-0.2, 0) is 47.4 Å². The highest BCUT2D eigenvalue weighted by atomic mass is 16.7. The fourth-order valence-corrected chi connectivity index (χ4v) is 3.66. The summed E-state index contributed by atoms with van der Waals surface area (Å²) in [6.45, 7) is 4.99. The minimum Gasteiger partial charge on any atom is -0.470 e. The highest BCUT2D eigenvalue weighted by Gasteiger charge is 2.18. The Morgan fingerprint density at radius 2 is 0.809 bits per heavy atom. The average Bonchev–Trinajstić information content (AvgIpc) is 3.08. The lowest BCUT2D eigenvalue weighted by Crippen LogP contribution is -2.32. The third kappa shape index (κ3) is 33.9. The second kappa shape index (κ2) is 38.6. The maximum absolute atomic E-state index is 9.41. The summed E-state index contributed by atoms with van der Waals surface area (Å²) in [7, 11) is 0. The Hall–Kier alpha value is -1.82. The molecule has 0 bridgehead atoms. The van der Waals surface area contributed by atoms with Crippen molar-refractivity contribution in [1.29, 1.82) is 0 Å². The third-order valence-electron chi connectivity index (χ3n) is 6.07. The van der Waals surface area contributed by atoms with Crippen molar-refractivity contribution < 1.29 is 67.8 Å². The zero-order valence-corrected chi connectivity index (χ0v) is 28.3. The van der Waals surface area contributed by atoms with E-state index in [1.165, 1.54) is 82.0 Å². The van der Waals surface area contributed by atoms with Crippen molar-refractivity contribution in [2.24, 2.45) is 0 Å². The molecule has 0 rings (SSSR count). The standard InChI is InChI=1S/C33H62O14/c1-2-3-4-5-6-7-8-9-16-38-20-21-39-22-23-40-24-25-41-26-27-45-32(43-18-11-14-35)29-47-33(44-19-12-15-36)30-46-31(28-37)42-17-10-13-34/h10-12,17-19,31-37H,2-9,13-16,20-30H2,1H3/b17-10+,18-11+,19-12+. The molecule has 3 unspecified atom stereocenters. The Kier molecular flexibility index (Phi) is 37.1. The van der Waals surface area contributed by atoms with Gasteiger partial charge in [0.2, 0.25) is 18.9 Å². The van der Waals surface area contributed by atoms with Gasteiger partial charge in [0, 0.05) is 6.61 Å². The predicted molar refractivity (Wildman–Crippen MR) is 174 cm³/mol. The largest absolute Gasteiger partial charge is 0.470 e. The number of aliphatic hydroxyl groups is 4. The summed E-state index contributed by atoms with van der Waals surface area (Å²) < 4.78 is 55.1. The van der Waals surface area contributed by atoms with Crippen molar-refractivity contribution >= 4 is 0 Å². The van der Waals surface area contributed by atoms with Gasteiger partial charge in [0.05, 0.1) is 91.5 Å². The van der Waals surface area contributed by atoms with Gasteiger partial charge in [0.1, 0.15) is 19.8 Å². The van der Waals surface area contributed by atoms with Crippen LogP contribution < -0.4 is 0 Å². The second-order valence-corrected chi connectivity index (χ2v) is 10.0. The smallest absolute Gasteiger partial charge is 0.222 e. The molecule has 0 aliphatic carbocycles. The molecule has 4 N–H and O–H groups in total. The van der Waals surface area contributed by atoms with E-state index in [4.69, 9.17) is 62.7 Å². The summed E-state index contributed by atoms with van der Waals surface area (Å²) in [4.78, 5) is 0. The lowest BCUT2D eigenvalue weighted by molar-refractivity contribution is -0.227. The predicted octanol–water partition coefficient (Wildman–Crippen LogP) is 2.78. The first-order valence-corrected chi connectivity index (χ1v) is 16.7. The number of ether oxygens (including phenoxy) is 10. The Balaban J connectivity index is 4.06. The lowest BCUT2D eigenvalue weighted by Gasteiger charge is -2.23. The second-order valence-electron chi connectivity index (χ2n) is 10.0. The van der Waals surface area contributed by atoms with Gasteiger partial charge in [0.15, 0.2) is 0 Å². The highest BCUT2D eigenvalue weighted by Crippen LogP contribution is 2.09. The Morgan fingerprint density at radius 3 is 1.28 bits per heavy atom. The van der Waals surface area contributed by atoms with E-state index in [1.54, 1.807) is 0 Å². The van der Waals surface area contributed by atoms with Crippen molar-refractivity contribution in [2.45, 2.75) is 77.2 Å². The fourth-order valence-electron chi connectivity index (χ4n) is 3.66. The van der Waals surface area contributed by atoms with Crippen LogP contribution in [-0.4, -0.2) is 138 Å². The van der Waals surface area contributed by atoms with E-state index < -0.39 is 25.5 Å². The molecule has 0 saturated carbocycles. The molecule has 3 atom stereocenters. The summed E-state index contributed by atoms with van der Waals surface area (Å²) in [6, 6.07) is 0. The summed E-state index contributed by atoms with van der Waals surface area (Å²) in [5.74, 6) is 0. The molecule has 0 aromatic carbocycles. The average molecular weight is 683 g/mol. The summed E-state index contributed by atoms with van der Waals surface area (Å²) in [6.07, 6.45) is 15.2. The van der Waals surface area contributed by atoms with E-state index in [2.05, 4.69) is 6.92 Å². The molecule has 14 heteroatoms. The molecule has 0 saturated heterocycles. The van der Waals surface area contributed by atoms with Gasteiger partial charge in [-0.25, -0.2) is 0 Å². The van der Waals surface area contributed by atoms with Crippen LogP contribution in [0.1, 0.15) is 58.3 Å². The van der Waals surface area contributed by atoms with Gasteiger partial charge in [-0.05, 0) is 24.6 Å². The van der Waals surface area contributed by atoms with Crippen molar-refractivity contribution in [2.75, 3.05) is 99.1 Å². The first-order chi connectivity index (χ1) is 23.2. The van der Waals surface area contributed by atoms with E-state index in [0.29, 0.717) is 39.6 Å². The molecule has 0 radical (unpaired) electrons. The van der Waals surface area contributed by atoms with Gasteiger partial charge in [-0.15, -0.1) is 0 Å². The van der Waals surface area contributed by atoms with E-state index in [0.717, 1.165) is 13.0 Å². The zero-order chi connectivity index (χ0) is 34.3. The molecule has 0 spiro atoms. The molecule has 14 nitrogen and oxygen atoms in total. The number of unbranched alkanes of at least 4 members (excludes halogenated alkanes) is 7. The van der Waals surface area contributed by atoms with Crippen LogP contribution >= 0.6 is 0 Å². The van der Waals surface area contributed by atoms with Crippen molar-refractivity contribution in [1.82, 2.24) is 0 Å². The molecule has 0 fully saturated rings. The summed E-state index contributed by atoms with van der Waals surface area (Å²) >= 11 is 0. The quantitative estimate of drug-likeness (QED) is 0.0425. The van der Waals surface area contributed by atoms with Crippen LogP contribution in [0, 0.1) is 0 Å². The number of hydrogen-bond acceptors (Lipinski definition) is 14. The first kappa shape index (κ1) is 45.2. The van der Waals surface area contributed by atoms with Crippen LogP contribution in [0.3, 0.4) is 0 Å². The van der Waals surface area contributed by atoms with Crippen molar-refractivity contribution in [3.8, 4) is 0 Å². The SMILES string of the molecule is CCCCCCCCCCOCCOCCOCCOCCOC(COC(COC(CO)O/C=C/CO)O/C=C/CO)O/C=C/CO. The van der Waals surface area contributed by atoms with E-state index in [1.807, 2.05) is 0 Å². The molecule has 0 aromatic heterocycles. The fraction of sp³-hybridized carbons (Fsp3) is 0.818. The number of hydrogen-bond donors (Lipinski definition) is 4. The molecule has 278 valence electrons. The maximum atomic E-state index is 9.41. The molecule has 0 amide bonds. The van der Waals surface area contributed by atoms with Crippen LogP contribution in [0.25, 0.3) is 0 Å². The third-order valence-corrected chi connectivity index (χ3v) is 6.07. The molecular formula is C33H62O14. The molecule has 47 heavy (non-hydrogen) atoms. The van der Waals surface area contributed by atoms with Crippen LogP contribution in [0.2, 0.25) is 0 Å². The van der Waals surface area contributed by atoms with Gasteiger partial charge in [-0.2, -0.15) is 0 Å². The van der Waals surface area contributed by atoms with E-state index in [9.17, 15) is 5.11 Å². The summed E-state index contributed by atoms with van der Waals surface area (Å²) in [5.41, 5.74) is 0. The highest BCUT2D eigenvalue weighted by molar-refractivity contribution is 4.74. The minimum atomic E-state index is -1.02. The van der Waals surface area contributed by atoms with Crippen LogP contribution in [0.15, 0.2) is 37.0 Å². The Bertz CT molecular complexity index is 694. The maximum Gasteiger partial charge on any atom is 0.222 e. The van der Waals surface area contributed by atoms with Crippen LogP contribution in [0.4, 0.5) is 0 Å². The van der Waals surface area contributed by atoms with Gasteiger partial charge in [0.25, 0.3) is 0 Å². The minimum absolute atomic E-state index is 0.0980. The number of rotatable bonds is 38. The van der Waals surface area contributed by atoms with Crippen LogP contribution in [0.5, 0.6) is 0 Å². The Morgan fingerprint density at radius 1 is 0.426 bits per heavy atom. The van der Waals surface area contributed by atoms with Crippen molar-refractivity contribution in [3.63, 3.8) is 0 Å². The van der Waals surface area contributed by atoms with Crippen molar-refractivity contribution in [3.05, 3.63) is 37.0 Å². The van der Waals surface area contributed by atoms with Gasteiger partial charge < -0.3 is 67.8 Å². The molecule has 0 aliphatic heterocycles. The summed E-state index contributed by atoms with van der Waals surface area (Å²) in [5, 5.41) is 36.2. The zero-order valence-electron chi connectivity index (χ0n) is 28.3. The van der Waals surface area contributed by atoms with Gasteiger partial charge >= 0.3 is 0 Å². The monoisotopic (exact) mass is 682 g/mol. The van der Waals surface area contributed by atoms with Gasteiger partial charge in [-0.1, -0.05) is 51.9 Å². The molecule has 0 aromatic rings. The molecular weight excluding hydrogens is 620 g/mol. The topological polar surface area (TPSA) is 173 Å². The molecule has 0 aliphatic rings. The Labute approximate surface area is 281 Å². The lowest BCUT2D eigenvalue weighted by atomic mass is 10.1. The van der Waals surface area contributed by atoms with Gasteiger partial charge in [-0.3, -0.25) is 0 Å². The molecule has 0 heterocycles.